The fraction of sp³-hybridized carbons (Fsp3) is 0.103. The van der Waals surface area contributed by atoms with E-state index in [2.05, 4.69) is 9.55 Å². The second kappa shape index (κ2) is 9.80. The summed E-state index contributed by atoms with van der Waals surface area (Å²) in [6.07, 6.45) is 3.45. The van der Waals surface area contributed by atoms with Gasteiger partial charge in [-0.1, -0.05) is 48.0 Å². The van der Waals surface area contributed by atoms with Gasteiger partial charge in [0.1, 0.15) is 17.5 Å². The van der Waals surface area contributed by atoms with Crippen molar-refractivity contribution in [1.29, 1.82) is 0 Å². The Labute approximate surface area is 207 Å². The molecule has 3 aromatic carbocycles. The zero-order valence-electron chi connectivity index (χ0n) is 19.0. The van der Waals surface area contributed by atoms with Gasteiger partial charge in [0.2, 0.25) is 0 Å². The number of imidazole rings is 1. The van der Waals surface area contributed by atoms with Gasteiger partial charge in [0.25, 0.3) is 0 Å². The van der Waals surface area contributed by atoms with Crippen molar-refractivity contribution in [3.8, 4) is 22.5 Å². The summed E-state index contributed by atoms with van der Waals surface area (Å²) in [6.45, 7) is 2.64. The van der Waals surface area contributed by atoms with E-state index in [9.17, 15) is 8.78 Å². The summed E-state index contributed by atoms with van der Waals surface area (Å²) in [5.41, 5.74) is 4.90. The van der Waals surface area contributed by atoms with Gasteiger partial charge in [-0.25, -0.2) is 13.8 Å². The number of rotatable bonds is 6. The van der Waals surface area contributed by atoms with Crippen LogP contribution in [0.2, 0.25) is 5.02 Å². The molecule has 3 nitrogen and oxygen atoms in total. The van der Waals surface area contributed by atoms with E-state index in [1.165, 1.54) is 24.3 Å². The molecule has 0 aliphatic rings. The zero-order valence-corrected chi connectivity index (χ0v) is 19.8. The summed E-state index contributed by atoms with van der Waals surface area (Å²) in [7, 11) is 0. The van der Waals surface area contributed by atoms with Crippen LogP contribution in [0.1, 0.15) is 29.8 Å². The fourth-order valence-corrected chi connectivity index (χ4v) is 4.61. The van der Waals surface area contributed by atoms with Gasteiger partial charge in [-0.05, 0) is 66.6 Å². The first-order chi connectivity index (χ1) is 17.0. The van der Waals surface area contributed by atoms with E-state index in [-0.39, 0.29) is 11.6 Å². The first-order valence-electron chi connectivity index (χ1n) is 11.3. The molecule has 2 heterocycles. The third-order valence-electron chi connectivity index (χ3n) is 6.01. The van der Waals surface area contributed by atoms with Crippen LogP contribution in [0.15, 0.2) is 97.3 Å². The van der Waals surface area contributed by atoms with Crippen LogP contribution in [0.3, 0.4) is 0 Å². The third-order valence-corrected chi connectivity index (χ3v) is 6.26. The van der Waals surface area contributed by atoms with Gasteiger partial charge in [-0.3, -0.25) is 4.98 Å². The first-order valence-corrected chi connectivity index (χ1v) is 11.7. The number of hydrogen-bond acceptors (Lipinski definition) is 2. The van der Waals surface area contributed by atoms with Crippen molar-refractivity contribution in [3.63, 3.8) is 0 Å². The lowest BCUT2D eigenvalue weighted by Gasteiger charge is -2.20. The summed E-state index contributed by atoms with van der Waals surface area (Å²) < 4.78 is 30.8. The van der Waals surface area contributed by atoms with Crippen LogP contribution < -0.4 is 0 Å². The minimum Gasteiger partial charge on any atom is -0.327 e. The molecular formula is C29H22ClF2N3. The summed E-state index contributed by atoms with van der Waals surface area (Å²) >= 11 is 6.17. The van der Waals surface area contributed by atoms with Gasteiger partial charge in [-0.2, -0.15) is 0 Å². The molecule has 0 aliphatic heterocycles. The van der Waals surface area contributed by atoms with Gasteiger partial charge in [0.15, 0.2) is 0 Å². The van der Waals surface area contributed by atoms with Crippen LogP contribution in [0, 0.1) is 11.6 Å². The van der Waals surface area contributed by atoms with Gasteiger partial charge >= 0.3 is 0 Å². The van der Waals surface area contributed by atoms with Crippen LogP contribution >= 0.6 is 11.6 Å². The Morgan fingerprint density at radius 1 is 0.800 bits per heavy atom. The number of benzene rings is 3. The molecule has 0 amide bonds. The molecule has 2 aromatic heterocycles. The van der Waals surface area contributed by atoms with E-state index < -0.39 is 5.92 Å². The molecule has 0 aliphatic carbocycles. The number of halogens is 3. The van der Waals surface area contributed by atoms with E-state index in [0.29, 0.717) is 28.5 Å². The Hall–Kier alpha value is -3.83. The lowest BCUT2D eigenvalue weighted by molar-refractivity contribution is 0.617. The van der Waals surface area contributed by atoms with Gasteiger partial charge in [0, 0.05) is 35.1 Å². The van der Waals surface area contributed by atoms with Crippen LogP contribution in [0.25, 0.3) is 22.5 Å². The molecule has 0 saturated carbocycles. The summed E-state index contributed by atoms with van der Waals surface area (Å²) in [6, 6.07) is 24.2. The molecule has 5 rings (SSSR count). The third kappa shape index (κ3) is 4.60. The molecule has 0 spiro atoms. The number of pyridine rings is 1. The SMILES string of the molecule is CCn1c(C(c2cccc(F)c2)c2cccc(F)c2)nc(-c2ccncc2)c1-c1ccc(Cl)cc1. The van der Waals surface area contributed by atoms with E-state index in [1.54, 1.807) is 24.5 Å². The molecule has 0 saturated heterocycles. The largest absolute Gasteiger partial charge is 0.327 e. The highest BCUT2D eigenvalue weighted by molar-refractivity contribution is 6.30. The minimum absolute atomic E-state index is 0.356. The molecule has 5 aromatic rings. The van der Waals surface area contributed by atoms with Crippen LogP contribution in [0.5, 0.6) is 0 Å². The Kier molecular flexibility index (Phi) is 6.43. The molecule has 0 fully saturated rings. The minimum atomic E-state index is -0.483. The number of nitrogens with zero attached hydrogens (tertiary/aromatic N) is 3. The standard InChI is InChI=1S/C29H22ClF2N3/c1-2-35-28(20-9-11-23(30)12-10-20)27(19-13-15-33-16-14-19)34-29(35)26(21-5-3-7-24(31)17-21)22-6-4-8-25(32)18-22/h3-18,26H,2H2,1H3. The maximum absolute atomic E-state index is 14.4. The lowest BCUT2D eigenvalue weighted by atomic mass is 9.90. The van der Waals surface area contributed by atoms with E-state index in [4.69, 9.17) is 16.6 Å². The second-order valence-corrected chi connectivity index (χ2v) is 8.63. The molecule has 174 valence electrons. The molecule has 0 radical (unpaired) electrons. The average molecular weight is 486 g/mol. The quantitative estimate of drug-likeness (QED) is 0.246. The summed E-state index contributed by atoms with van der Waals surface area (Å²) in [5.74, 6) is -0.500. The Balaban J connectivity index is 1.82. The predicted octanol–water partition coefficient (Wildman–Crippen LogP) is 7.74. The van der Waals surface area contributed by atoms with Crippen molar-refractivity contribution >= 4 is 11.6 Å². The fourth-order valence-electron chi connectivity index (χ4n) is 4.48. The average Bonchev–Trinajstić information content (AvgIpc) is 3.24. The topological polar surface area (TPSA) is 30.7 Å². The van der Waals surface area contributed by atoms with Crippen molar-refractivity contribution in [1.82, 2.24) is 14.5 Å². The molecule has 0 unspecified atom stereocenters. The van der Waals surface area contributed by atoms with Gasteiger partial charge in [0.05, 0.1) is 17.3 Å². The molecule has 0 N–H and O–H groups in total. The Morgan fingerprint density at radius 3 is 1.94 bits per heavy atom. The van der Waals surface area contributed by atoms with Gasteiger partial charge < -0.3 is 4.57 Å². The predicted molar refractivity (Wildman–Crippen MR) is 135 cm³/mol. The number of hydrogen-bond donors (Lipinski definition) is 0. The second-order valence-electron chi connectivity index (χ2n) is 8.20. The van der Waals surface area contributed by atoms with Gasteiger partial charge in [-0.15, -0.1) is 0 Å². The van der Waals surface area contributed by atoms with Crippen molar-refractivity contribution in [2.24, 2.45) is 0 Å². The van der Waals surface area contributed by atoms with E-state index in [0.717, 1.165) is 22.5 Å². The highest BCUT2D eigenvalue weighted by atomic mass is 35.5. The molecular weight excluding hydrogens is 464 g/mol. The maximum Gasteiger partial charge on any atom is 0.123 e. The summed E-state index contributed by atoms with van der Waals surface area (Å²) in [4.78, 5) is 9.27. The highest BCUT2D eigenvalue weighted by Crippen LogP contribution is 2.39. The van der Waals surface area contributed by atoms with E-state index in [1.807, 2.05) is 55.5 Å². The molecule has 0 atom stereocenters. The normalized spacial score (nSPS) is 11.2. The van der Waals surface area contributed by atoms with E-state index >= 15 is 0 Å². The lowest BCUT2D eigenvalue weighted by Crippen LogP contribution is -2.12. The smallest absolute Gasteiger partial charge is 0.123 e. The van der Waals surface area contributed by atoms with Crippen LogP contribution in [-0.2, 0) is 6.54 Å². The highest BCUT2D eigenvalue weighted by Gasteiger charge is 2.28. The van der Waals surface area contributed by atoms with Crippen molar-refractivity contribution < 1.29 is 8.78 Å². The molecule has 35 heavy (non-hydrogen) atoms. The number of aromatic nitrogens is 3. The van der Waals surface area contributed by atoms with Crippen molar-refractivity contribution in [3.05, 3.63) is 131 Å². The first kappa shape index (κ1) is 22.9. The molecule has 6 heteroatoms. The Bertz CT molecular complexity index is 1420. The summed E-state index contributed by atoms with van der Waals surface area (Å²) in [5, 5.41) is 0.638. The van der Waals surface area contributed by atoms with Crippen LogP contribution in [-0.4, -0.2) is 14.5 Å². The monoisotopic (exact) mass is 485 g/mol. The maximum atomic E-state index is 14.4. The zero-order chi connectivity index (χ0) is 24.4. The Morgan fingerprint density at radius 2 is 1.40 bits per heavy atom. The van der Waals surface area contributed by atoms with Crippen molar-refractivity contribution in [2.75, 3.05) is 0 Å². The molecule has 0 bridgehead atoms. The van der Waals surface area contributed by atoms with Crippen molar-refractivity contribution in [2.45, 2.75) is 19.4 Å². The van der Waals surface area contributed by atoms with Crippen LogP contribution in [0.4, 0.5) is 8.78 Å².